The fourth-order valence-electron chi connectivity index (χ4n) is 1.18. The van der Waals surface area contributed by atoms with Crippen LogP contribution in [0.1, 0.15) is 15.9 Å². The summed E-state index contributed by atoms with van der Waals surface area (Å²) in [7, 11) is 0. The zero-order valence-electron chi connectivity index (χ0n) is 9.37. The van der Waals surface area contributed by atoms with Crippen molar-refractivity contribution in [3.05, 3.63) is 35.4 Å². The van der Waals surface area contributed by atoms with Crippen LogP contribution < -0.4 is 5.32 Å². The van der Waals surface area contributed by atoms with Gasteiger partial charge in [0.25, 0.3) is 0 Å². The van der Waals surface area contributed by atoms with E-state index in [0.717, 1.165) is 5.56 Å². The molecular formula is C11H13NO6. The molecule has 0 saturated heterocycles. The number of hydrogen-bond donors (Lipinski definition) is 4. The minimum Gasteiger partial charge on any atom is -0.479 e. The van der Waals surface area contributed by atoms with E-state index in [9.17, 15) is 9.59 Å². The Morgan fingerprint density at radius 1 is 1.22 bits per heavy atom. The van der Waals surface area contributed by atoms with Crippen molar-refractivity contribution in [2.75, 3.05) is 6.61 Å². The quantitative estimate of drug-likeness (QED) is 0.392. The van der Waals surface area contributed by atoms with Gasteiger partial charge in [0.1, 0.15) is 0 Å². The summed E-state index contributed by atoms with van der Waals surface area (Å²) in [6.45, 7) is -0.457. The predicted molar refractivity (Wildman–Crippen MR) is 59.4 cm³/mol. The summed E-state index contributed by atoms with van der Waals surface area (Å²) in [6, 6.07) is 6.11. The first-order valence-electron chi connectivity index (χ1n) is 5.06. The average Bonchev–Trinajstić information content (AvgIpc) is 2.34. The van der Waals surface area contributed by atoms with Crippen LogP contribution in [-0.2, 0) is 16.1 Å². The molecule has 0 aromatic heterocycles. The molecule has 7 nitrogen and oxygen atoms in total. The van der Waals surface area contributed by atoms with Crippen LogP contribution in [0.2, 0.25) is 0 Å². The monoisotopic (exact) mass is 255 g/mol. The number of esters is 1. The van der Waals surface area contributed by atoms with Gasteiger partial charge < -0.3 is 20.1 Å². The number of carboxylic acids is 1. The highest BCUT2D eigenvalue weighted by molar-refractivity contribution is 5.90. The van der Waals surface area contributed by atoms with E-state index < -0.39 is 25.0 Å². The zero-order chi connectivity index (χ0) is 13.5. The third-order valence-electron chi connectivity index (χ3n) is 2.01. The molecule has 4 N–H and O–H groups in total. The van der Waals surface area contributed by atoms with Gasteiger partial charge in [0.05, 0.1) is 5.56 Å². The van der Waals surface area contributed by atoms with Gasteiger partial charge in [-0.3, -0.25) is 5.32 Å². The van der Waals surface area contributed by atoms with Crippen LogP contribution in [0.15, 0.2) is 24.3 Å². The van der Waals surface area contributed by atoms with Crippen molar-refractivity contribution < 1.29 is 29.6 Å². The molecule has 0 unspecified atom stereocenters. The van der Waals surface area contributed by atoms with Crippen molar-refractivity contribution in [3.8, 4) is 0 Å². The Hall–Kier alpha value is -1.96. The van der Waals surface area contributed by atoms with E-state index in [1.807, 2.05) is 0 Å². The third-order valence-corrected chi connectivity index (χ3v) is 2.01. The maximum absolute atomic E-state index is 11.3. The predicted octanol–water partition coefficient (Wildman–Crippen LogP) is -0.714. The molecule has 98 valence electrons. The van der Waals surface area contributed by atoms with Gasteiger partial charge in [-0.1, -0.05) is 12.1 Å². The number of aliphatic hydroxyl groups excluding tert-OH is 1. The second kappa shape index (κ2) is 6.70. The summed E-state index contributed by atoms with van der Waals surface area (Å²) in [5, 5.41) is 27.9. The zero-order valence-corrected chi connectivity index (χ0v) is 9.37. The van der Waals surface area contributed by atoms with Crippen molar-refractivity contribution in [1.29, 1.82) is 0 Å². The molecule has 18 heavy (non-hydrogen) atoms. The van der Waals surface area contributed by atoms with Crippen molar-refractivity contribution >= 4 is 11.9 Å². The molecule has 0 spiro atoms. The lowest BCUT2D eigenvalue weighted by atomic mass is 10.1. The summed E-state index contributed by atoms with van der Waals surface area (Å²) in [4.78, 5) is 21.6. The molecule has 0 aliphatic carbocycles. The molecule has 1 aromatic carbocycles. The molecule has 0 aliphatic heterocycles. The summed E-state index contributed by atoms with van der Waals surface area (Å²) in [5.74, 6) is -1.94. The maximum atomic E-state index is 11.3. The lowest BCUT2D eigenvalue weighted by Crippen LogP contribution is -2.27. The largest absolute Gasteiger partial charge is 0.479 e. The summed E-state index contributed by atoms with van der Waals surface area (Å²) < 4.78 is 4.49. The highest BCUT2D eigenvalue weighted by Crippen LogP contribution is 2.06. The molecule has 0 atom stereocenters. The Bertz CT molecular complexity index is 414. The van der Waals surface area contributed by atoms with E-state index in [0.29, 0.717) is 0 Å². The van der Waals surface area contributed by atoms with Crippen LogP contribution in [0.5, 0.6) is 0 Å². The average molecular weight is 255 g/mol. The molecule has 0 bridgehead atoms. The smallest absolute Gasteiger partial charge is 0.341 e. The minimum absolute atomic E-state index is 0.224. The third kappa shape index (κ3) is 4.91. The van der Waals surface area contributed by atoms with Gasteiger partial charge in [-0.15, -0.1) is 0 Å². The number of aliphatic carboxylic acids is 1. The first kappa shape index (κ1) is 14.1. The molecule has 7 heteroatoms. The summed E-state index contributed by atoms with van der Waals surface area (Å²) in [5.41, 5.74) is 0.961. The van der Waals surface area contributed by atoms with Gasteiger partial charge in [0.15, 0.2) is 6.61 Å². The number of nitrogens with one attached hydrogen (secondary N) is 1. The van der Waals surface area contributed by atoms with E-state index in [4.69, 9.17) is 15.3 Å². The molecule has 0 saturated carbocycles. The van der Waals surface area contributed by atoms with Crippen LogP contribution >= 0.6 is 0 Å². The van der Waals surface area contributed by atoms with Gasteiger partial charge >= 0.3 is 11.9 Å². The Morgan fingerprint density at radius 2 is 1.83 bits per heavy atom. The molecule has 0 fully saturated rings. The fraction of sp³-hybridized carbons (Fsp3) is 0.273. The normalized spacial score (nSPS) is 10.4. The fourth-order valence-corrected chi connectivity index (χ4v) is 1.18. The Labute approximate surface area is 103 Å². The number of ether oxygens (including phenoxy) is 1. The van der Waals surface area contributed by atoms with Crippen molar-refractivity contribution in [1.82, 2.24) is 5.32 Å². The Morgan fingerprint density at radius 3 is 2.33 bits per heavy atom. The van der Waals surface area contributed by atoms with Crippen molar-refractivity contribution in [2.24, 2.45) is 0 Å². The van der Waals surface area contributed by atoms with Gasteiger partial charge in [-0.25, -0.2) is 9.59 Å². The van der Waals surface area contributed by atoms with Gasteiger partial charge in [0, 0.05) is 6.54 Å². The number of benzene rings is 1. The van der Waals surface area contributed by atoms with Gasteiger partial charge in [-0.2, -0.15) is 0 Å². The number of hydrogen-bond acceptors (Lipinski definition) is 6. The highest BCUT2D eigenvalue weighted by Gasteiger charge is 2.09. The first-order valence-corrected chi connectivity index (χ1v) is 5.06. The second-order valence-electron chi connectivity index (χ2n) is 3.42. The van der Waals surface area contributed by atoms with E-state index in [1.165, 1.54) is 12.1 Å². The molecule has 0 heterocycles. The summed E-state index contributed by atoms with van der Waals surface area (Å²) in [6.07, 6.45) is -1.61. The van der Waals surface area contributed by atoms with E-state index in [-0.39, 0.29) is 12.1 Å². The molecular weight excluding hydrogens is 242 g/mol. The molecule has 1 rings (SSSR count). The summed E-state index contributed by atoms with van der Waals surface area (Å²) >= 11 is 0. The molecule has 0 aliphatic rings. The van der Waals surface area contributed by atoms with Crippen LogP contribution in [0.25, 0.3) is 0 Å². The highest BCUT2D eigenvalue weighted by atomic mass is 16.5. The van der Waals surface area contributed by atoms with E-state index in [2.05, 4.69) is 10.1 Å². The lowest BCUT2D eigenvalue weighted by molar-refractivity contribution is -0.140. The van der Waals surface area contributed by atoms with Crippen LogP contribution in [0.4, 0.5) is 0 Å². The SMILES string of the molecule is O=C(O)COC(=O)c1ccc(CNC(O)O)cc1. The van der Waals surface area contributed by atoms with Gasteiger partial charge in [-0.05, 0) is 17.7 Å². The van der Waals surface area contributed by atoms with Crippen LogP contribution in [0.3, 0.4) is 0 Å². The number of carboxylic acid groups (broad SMARTS) is 1. The van der Waals surface area contributed by atoms with E-state index in [1.54, 1.807) is 12.1 Å². The maximum Gasteiger partial charge on any atom is 0.341 e. The molecule has 0 amide bonds. The lowest BCUT2D eigenvalue weighted by Gasteiger charge is -2.07. The van der Waals surface area contributed by atoms with Gasteiger partial charge in [0.2, 0.25) is 6.41 Å². The number of carbonyl (C=O) groups excluding carboxylic acids is 1. The van der Waals surface area contributed by atoms with Crippen LogP contribution in [-0.4, -0.2) is 40.3 Å². The second-order valence-corrected chi connectivity index (χ2v) is 3.42. The van der Waals surface area contributed by atoms with Crippen LogP contribution in [0, 0.1) is 0 Å². The first-order chi connectivity index (χ1) is 8.49. The van der Waals surface area contributed by atoms with Crippen molar-refractivity contribution in [2.45, 2.75) is 13.0 Å². The Kier molecular flexibility index (Phi) is 5.25. The van der Waals surface area contributed by atoms with E-state index >= 15 is 0 Å². The molecule has 1 aromatic rings. The number of carbonyl (C=O) groups is 2. The number of aliphatic hydroxyl groups is 2. The topological polar surface area (TPSA) is 116 Å². The minimum atomic E-state index is -1.61. The Balaban J connectivity index is 2.53. The molecule has 0 radical (unpaired) electrons. The standard InChI is InChI=1S/C11H13NO6/c13-9(14)6-18-10(15)8-3-1-7(2-4-8)5-12-11(16)17/h1-4,11-12,16-17H,5-6H2,(H,13,14). The number of rotatable bonds is 6. The van der Waals surface area contributed by atoms with Crippen molar-refractivity contribution in [3.63, 3.8) is 0 Å².